The number of carbonyl (C=O) groups is 1. The summed E-state index contributed by atoms with van der Waals surface area (Å²) >= 11 is 1.70. The molecule has 0 bridgehead atoms. The molecule has 5 rings (SSSR count). The zero-order valence-electron chi connectivity index (χ0n) is 15.2. The third-order valence-corrected chi connectivity index (χ3v) is 6.40. The van der Waals surface area contributed by atoms with Crippen LogP contribution in [0, 0.1) is 5.92 Å². The molecule has 28 heavy (non-hydrogen) atoms. The second-order valence-electron chi connectivity index (χ2n) is 6.96. The highest BCUT2D eigenvalue weighted by Gasteiger charge is 2.31. The number of fused-ring (bicyclic) bond motifs is 1. The van der Waals surface area contributed by atoms with Gasteiger partial charge in [-0.3, -0.25) is 9.78 Å². The number of pyridine rings is 1. The van der Waals surface area contributed by atoms with Crippen LogP contribution in [-0.4, -0.2) is 28.0 Å². The Labute approximate surface area is 167 Å². The van der Waals surface area contributed by atoms with Gasteiger partial charge in [-0.05, 0) is 41.3 Å². The van der Waals surface area contributed by atoms with E-state index in [1.165, 1.54) is 5.56 Å². The predicted octanol–water partition coefficient (Wildman–Crippen LogP) is 5.20. The highest BCUT2D eigenvalue weighted by molar-refractivity contribution is 8.00. The zero-order valence-corrected chi connectivity index (χ0v) is 16.0. The van der Waals surface area contributed by atoms with Crippen LogP contribution in [0.1, 0.15) is 10.4 Å². The molecule has 0 radical (unpaired) electrons. The maximum absolute atomic E-state index is 13.2. The average molecular weight is 385 g/mol. The summed E-state index contributed by atoms with van der Waals surface area (Å²) in [4.78, 5) is 20.7. The Balaban J connectivity index is 1.40. The third kappa shape index (κ3) is 3.08. The van der Waals surface area contributed by atoms with Crippen molar-refractivity contribution < 1.29 is 4.79 Å². The minimum absolute atomic E-state index is 0.0157. The molecule has 5 heteroatoms. The number of benzene rings is 2. The van der Waals surface area contributed by atoms with Crippen LogP contribution in [0.25, 0.3) is 22.0 Å². The fourth-order valence-electron chi connectivity index (χ4n) is 3.69. The van der Waals surface area contributed by atoms with Crippen LogP contribution in [0.5, 0.6) is 0 Å². The van der Waals surface area contributed by atoms with E-state index in [0.717, 1.165) is 33.5 Å². The van der Waals surface area contributed by atoms with Gasteiger partial charge in [0.2, 0.25) is 0 Å². The number of anilines is 1. The van der Waals surface area contributed by atoms with Gasteiger partial charge in [-0.25, -0.2) is 0 Å². The molecule has 0 saturated carbocycles. The van der Waals surface area contributed by atoms with E-state index in [-0.39, 0.29) is 11.7 Å². The first kappa shape index (κ1) is 17.1. The molecule has 138 valence electrons. The highest BCUT2D eigenvalue weighted by atomic mass is 32.2. The first-order valence-electron chi connectivity index (χ1n) is 9.31. The average Bonchev–Trinajstić information content (AvgIpc) is 3.42. The molecule has 2 aromatic heterocycles. The summed E-state index contributed by atoms with van der Waals surface area (Å²) in [6.45, 7) is 0.712. The van der Waals surface area contributed by atoms with E-state index in [1.54, 1.807) is 18.1 Å². The molecular formula is C23H19N3OS. The Kier molecular flexibility index (Phi) is 4.37. The second kappa shape index (κ2) is 7.17. The fourth-order valence-corrected chi connectivity index (χ4v) is 4.84. The monoisotopic (exact) mass is 385 g/mol. The Morgan fingerprint density at radius 3 is 2.79 bits per heavy atom. The first-order chi connectivity index (χ1) is 13.8. The molecule has 3 heterocycles. The molecule has 1 N–H and O–H groups in total. The zero-order chi connectivity index (χ0) is 18.9. The van der Waals surface area contributed by atoms with Gasteiger partial charge in [-0.1, -0.05) is 42.5 Å². The molecule has 0 aliphatic carbocycles. The van der Waals surface area contributed by atoms with Crippen molar-refractivity contribution in [1.82, 2.24) is 9.97 Å². The van der Waals surface area contributed by atoms with Gasteiger partial charge in [0.15, 0.2) is 5.78 Å². The molecule has 1 saturated heterocycles. The van der Waals surface area contributed by atoms with Gasteiger partial charge >= 0.3 is 0 Å². The molecule has 2 aromatic carbocycles. The SMILES string of the molecule is O=C(c1c[nH]c2cc(-c3ccccc3)ccc12)C1CSN(c2cccnc2)C1. The van der Waals surface area contributed by atoms with Crippen molar-refractivity contribution >= 4 is 34.3 Å². The summed E-state index contributed by atoms with van der Waals surface area (Å²) in [6, 6.07) is 20.5. The van der Waals surface area contributed by atoms with Gasteiger partial charge in [0.05, 0.1) is 17.8 Å². The van der Waals surface area contributed by atoms with Crippen LogP contribution in [-0.2, 0) is 0 Å². The Morgan fingerprint density at radius 2 is 1.96 bits per heavy atom. The molecule has 1 aliphatic heterocycles. The maximum Gasteiger partial charge on any atom is 0.170 e. The van der Waals surface area contributed by atoms with Gasteiger partial charge < -0.3 is 9.29 Å². The van der Waals surface area contributed by atoms with Gasteiger partial charge in [0, 0.05) is 41.2 Å². The normalized spacial score (nSPS) is 16.6. The van der Waals surface area contributed by atoms with Gasteiger partial charge in [0.1, 0.15) is 0 Å². The van der Waals surface area contributed by atoms with E-state index in [4.69, 9.17) is 0 Å². The van der Waals surface area contributed by atoms with Gasteiger partial charge in [-0.2, -0.15) is 0 Å². The lowest BCUT2D eigenvalue weighted by Gasteiger charge is -2.15. The molecule has 0 amide bonds. The van der Waals surface area contributed by atoms with E-state index in [1.807, 2.05) is 42.7 Å². The number of nitrogens with one attached hydrogen (secondary N) is 1. The van der Waals surface area contributed by atoms with Crippen molar-refractivity contribution in [3.05, 3.63) is 84.8 Å². The third-order valence-electron chi connectivity index (χ3n) is 5.18. The minimum Gasteiger partial charge on any atom is -0.360 e. The number of ketones is 1. The summed E-state index contributed by atoms with van der Waals surface area (Å²) < 4.78 is 2.16. The molecule has 4 aromatic rings. The van der Waals surface area contributed by atoms with Crippen molar-refractivity contribution in [2.45, 2.75) is 0 Å². The van der Waals surface area contributed by atoms with Crippen LogP contribution < -0.4 is 4.31 Å². The number of hydrogen-bond acceptors (Lipinski definition) is 4. The standard InChI is InChI=1S/C23H19N3OS/c27-23(18-14-26(28-15-18)19-7-4-10-24-12-19)21-13-25-22-11-17(8-9-20(21)22)16-5-2-1-3-6-16/h1-13,18,25H,14-15H2. The Hall–Kier alpha value is -3.05. The van der Waals surface area contributed by atoms with Crippen molar-refractivity contribution in [1.29, 1.82) is 0 Å². The topological polar surface area (TPSA) is 49.0 Å². The second-order valence-corrected chi connectivity index (χ2v) is 7.99. The van der Waals surface area contributed by atoms with Crippen LogP contribution in [0.15, 0.2) is 79.3 Å². The quantitative estimate of drug-likeness (QED) is 0.388. The number of aromatic amines is 1. The van der Waals surface area contributed by atoms with Crippen LogP contribution in [0.4, 0.5) is 5.69 Å². The van der Waals surface area contributed by atoms with E-state index in [2.05, 4.69) is 44.6 Å². The van der Waals surface area contributed by atoms with Gasteiger partial charge in [0.25, 0.3) is 0 Å². The number of carbonyl (C=O) groups excluding carboxylic acids is 1. The molecule has 1 unspecified atom stereocenters. The first-order valence-corrected chi connectivity index (χ1v) is 10.2. The summed E-state index contributed by atoms with van der Waals surface area (Å²) in [5.74, 6) is 0.985. The Morgan fingerprint density at radius 1 is 1.07 bits per heavy atom. The van der Waals surface area contributed by atoms with Crippen LogP contribution >= 0.6 is 11.9 Å². The van der Waals surface area contributed by atoms with Crippen molar-refractivity contribution in [2.24, 2.45) is 5.92 Å². The minimum atomic E-state index is -0.0157. The number of aromatic nitrogens is 2. The molecule has 1 aliphatic rings. The number of H-pyrrole nitrogens is 1. The lowest BCUT2D eigenvalue weighted by atomic mass is 9.97. The number of Topliss-reactive ketones (excluding diaryl/α,β-unsaturated/α-hetero) is 1. The highest BCUT2D eigenvalue weighted by Crippen LogP contribution is 2.34. The molecule has 1 fully saturated rings. The van der Waals surface area contributed by atoms with Crippen molar-refractivity contribution in [2.75, 3.05) is 16.6 Å². The van der Waals surface area contributed by atoms with E-state index in [0.29, 0.717) is 6.54 Å². The van der Waals surface area contributed by atoms with E-state index >= 15 is 0 Å². The summed E-state index contributed by atoms with van der Waals surface area (Å²) in [5, 5.41) is 0.995. The van der Waals surface area contributed by atoms with Gasteiger partial charge in [-0.15, -0.1) is 0 Å². The fraction of sp³-hybridized carbons (Fsp3) is 0.130. The smallest absolute Gasteiger partial charge is 0.170 e. The predicted molar refractivity (Wildman–Crippen MR) is 116 cm³/mol. The maximum atomic E-state index is 13.2. The largest absolute Gasteiger partial charge is 0.360 e. The molecule has 4 nitrogen and oxygen atoms in total. The van der Waals surface area contributed by atoms with Crippen LogP contribution in [0.2, 0.25) is 0 Å². The Bertz CT molecular complexity index is 1120. The number of rotatable bonds is 4. The summed E-state index contributed by atoms with van der Waals surface area (Å²) in [6.07, 6.45) is 5.47. The van der Waals surface area contributed by atoms with Crippen molar-refractivity contribution in [3.8, 4) is 11.1 Å². The number of hydrogen-bond donors (Lipinski definition) is 1. The molecule has 1 atom stereocenters. The summed E-state index contributed by atoms with van der Waals surface area (Å²) in [7, 11) is 0. The molecular weight excluding hydrogens is 366 g/mol. The number of nitrogens with zero attached hydrogens (tertiary/aromatic N) is 2. The van der Waals surface area contributed by atoms with Crippen LogP contribution in [0.3, 0.4) is 0 Å². The van der Waals surface area contributed by atoms with Crippen molar-refractivity contribution in [3.63, 3.8) is 0 Å². The lowest BCUT2D eigenvalue weighted by molar-refractivity contribution is 0.0942. The molecule has 0 spiro atoms. The lowest BCUT2D eigenvalue weighted by Crippen LogP contribution is -2.21. The van der Waals surface area contributed by atoms with E-state index < -0.39 is 0 Å². The summed E-state index contributed by atoms with van der Waals surface area (Å²) in [5.41, 5.74) is 5.15. The van der Waals surface area contributed by atoms with E-state index in [9.17, 15) is 4.79 Å².